The third-order valence-corrected chi connectivity index (χ3v) is 15.9. The van der Waals surface area contributed by atoms with Crippen LogP contribution in [-0.2, 0) is 0 Å². The molecule has 0 bridgehead atoms. The number of allylic oxidation sites excluding steroid dienone is 2. The molecule has 0 fully saturated rings. The van der Waals surface area contributed by atoms with Crippen LogP contribution in [0.4, 0.5) is 0 Å². The molecule has 0 aliphatic carbocycles. The summed E-state index contributed by atoms with van der Waals surface area (Å²) in [5.74, 6) is 0. The van der Waals surface area contributed by atoms with Crippen LogP contribution >= 0.6 is 80.2 Å². The molecule has 0 radical (unpaired) electrons. The summed E-state index contributed by atoms with van der Waals surface area (Å²) in [5, 5.41) is 9.94. The third kappa shape index (κ3) is 4.53. The average Bonchev–Trinajstić information content (AvgIpc) is 3.78. The minimum absolute atomic E-state index is 0.151. The fourth-order valence-electron chi connectivity index (χ4n) is 4.48. The molecule has 2 atom stereocenters. The summed E-state index contributed by atoms with van der Waals surface area (Å²) >= 11 is 12.6. The molecule has 5 aromatic heterocycles. The first-order valence-electron chi connectivity index (χ1n) is 12.0. The molecule has 2 unspecified atom stereocenters. The molecule has 10 heteroatoms. The molecule has 7 rings (SSSR count). The van der Waals surface area contributed by atoms with E-state index in [2.05, 4.69) is 58.3 Å². The van der Waals surface area contributed by atoms with Crippen molar-refractivity contribution in [1.82, 2.24) is 0 Å². The third-order valence-electron chi connectivity index (χ3n) is 6.46. The van der Waals surface area contributed by atoms with Crippen LogP contribution in [0.5, 0.6) is 0 Å². The van der Waals surface area contributed by atoms with Crippen LogP contribution < -0.4 is 9.06 Å². The normalized spacial score (nSPS) is 23.4. The molecule has 0 aromatic carbocycles. The number of thiophene rings is 5. The monoisotopic (exact) mass is 641 g/mol. The Morgan fingerprint density at radius 2 is 1.40 bits per heavy atom. The van der Waals surface area contributed by atoms with E-state index in [-0.39, 0.29) is 5.70 Å². The van der Waals surface area contributed by atoms with E-state index in [1.807, 2.05) is 70.9 Å². The van der Waals surface area contributed by atoms with Crippen molar-refractivity contribution in [2.75, 3.05) is 0 Å². The average molecular weight is 642 g/mol. The van der Waals surface area contributed by atoms with Crippen LogP contribution in [-0.4, -0.2) is 10.5 Å². The Bertz CT molecular complexity index is 2390. The van der Waals surface area contributed by atoms with Gasteiger partial charge in [-0.05, 0) is 43.3 Å². The van der Waals surface area contributed by atoms with Crippen molar-refractivity contribution in [3.8, 4) is 6.07 Å². The Balaban J connectivity index is 1.25. The van der Waals surface area contributed by atoms with Gasteiger partial charge >= 0.3 is 0 Å². The van der Waals surface area contributed by atoms with Crippen molar-refractivity contribution in [1.29, 1.82) is 5.26 Å². The van der Waals surface area contributed by atoms with E-state index in [0.29, 0.717) is 10.5 Å². The van der Waals surface area contributed by atoms with E-state index < -0.39 is 0 Å². The molecule has 3 nitrogen and oxygen atoms in total. The van der Waals surface area contributed by atoms with Gasteiger partial charge in [-0.2, -0.15) is 0 Å². The van der Waals surface area contributed by atoms with Gasteiger partial charge in [0.05, 0.1) is 28.6 Å². The number of nitriles is 1. The standard InChI is InChI=1S/C30H15N3S7/c1-15(32-2)17-4-6-19(34-17)21-8-10-23(36-21)25-12-27-29(39-25)30-28(38-27)13-26(40-30)24-11-9-22(37-24)20-7-5-18(35-20)16(14-31)33-3/h4-13,19,21H,1H3/b17-15-,18-16+,22-20-,25-23+,26-24-. The summed E-state index contributed by atoms with van der Waals surface area (Å²) in [4.78, 5) is 9.38. The minimum Gasteiger partial charge on any atom is -0.242 e. The fraction of sp³-hybridized carbons (Fsp3) is 0.100. The Kier molecular flexibility index (Phi) is 6.86. The lowest BCUT2D eigenvalue weighted by Gasteiger charge is -2.13. The highest BCUT2D eigenvalue weighted by atomic mass is 32.2. The maximum atomic E-state index is 9.18. The fourth-order valence-corrected chi connectivity index (χ4v) is 13.2. The van der Waals surface area contributed by atoms with Crippen LogP contribution in [0.2, 0.25) is 0 Å². The predicted octanol–water partition coefficient (Wildman–Crippen LogP) is 9.03. The van der Waals surface area contributed by atoms with Crippen molar-refractivity contribution in [2.45, 2.75) is 17.4 Å². The molecule has 0 N–H and O–H groups in total. The molecule has 7 heterocycles. The van der Waals surface area contributed by atoms with Gasteiger partial charge in [-0.25, -0.2) is 15.0 Å². The van der Waals surface area contributed by atoms with E-state index in [9.17, 15) is 5.26 Å². The molecule has 0 saturated carbocycles. The zero-order valence-electron chi connectivity index (χ0n) is 20.6. The van der Waals surface area contributed by atoms with E-state index in [1.165, 1.54) is 48.6 Å². The lowest BCUT2D eigenvalue weighted by molar-refractivity contribution is 1.12. The Morgan fingerprint density at radius 1 is 0.750 bits per heavy atom. The molecule has 192 valence electrons. The van der Waals surface area contributed by atoms with Crippen LogP contribution in [0.3, 0.4) is 0 Å². The molecule has 5 aromatic rings. The second kappa shape index (κ2) is 10.5. The second-order valence-corrected chi connectivity index (χ2v) is 16.7. The molecular weight excluding hydrogens is 627 g/mol. The maximum absolute atomic E-state index is 9.18. The molecule has 0 spiro atoms. The summed E-state index contributed by atoms with van der Waals surface area (Å²) in [7, 11) is 0. The molecule has 2 aliphatic heterocycles. The number of hydrogen-bond acceptors (Lipinski definition) is 8. The highest BCUT2D eigenvalue weighted by Gasteiger charge is 2.28. The Morgan fingerprint density at radius 3 is 2.15 bits per heavy atom. The highest BCUT2D eigenvalue weighted by molar-refractivity contribution is 8.11. The van der Waals surface area contributed by atoms with Crippen LogP contribution in [0, 0.1) is 42.6 Å². The van der Waals surface area contributed by atoms with E-state index in [0.717, 1.165) is 24.2 Å². The number of thioether (sulfide) groups is 2. The zero-order valence-corrected chi connectivity index (χ0v) is 26.3. The van der Waals surface area contributed by atoms with E-state index in [1.54, 1.807) is 23.1 Å². The van der Waals surface area contributed by atoms with Gasteiger partial charge in [0, 0.05) is 56.9 Å². The molecule has 0 amide bonds. The predicted molar refractivity (Wildman–Crippen MR) is 178 cm³/mol. The largest absolute Gasteiger partial charge is 0.278 e. The summed E-state index contributed by atoms with van der Waals surface area (Å²) < 4.78 is 12.3. The van der Waals surface area contributed by atoms with Crippen molar-refractivity contribution in [2.24, 2.45) is 0 Å². The maximum Gasteiger partial charge on any atom is 0.278 e. The van der Waals surface area contributed by atoms with Gasteiger partial charge in [0.2, 0.25) is 0 Å². The van der Waals surface area contributed by atoms with E-state index >= 15 is 0 Å². The van der Waals surface area contributed by atoms with Gasteiger partial charge in [-0.3, -0.25) is 0 Å². The lowest BCUT2D eigenvalue weighted by atomic mass is 10.2. The van der Waals surface area contributed by atoms with Gasteiger partial charge in [0.25, 0.3) is 5.70 Å². The topological polar surface area (TPSA) is 32.5 Å². The lowest BCUT2D eigenvalue weighted by Crippen LogP contribution is -2.11. The van der Waals surface area contributed by atoms with Crippen LogP contribution in [0.15, 0.2) is 71.3 Å². The highest BCUT2D eigenvalue weighted by Crippen LogP contribution is 2.45. The smallest absolute Gasteiger partial charge is 0.242 e. The zero-order chi connectivity index (χ0) is 27.4. The van der Waals surface area contributed by atoms with Crippen LogP contribution in [0.1, 0.15) is 6.92 Å². The molecule has 2 aliphatic rings. The number of nitrogens with zero attached hydrogens (tertiary/aromatic N) is 3. The van der Waals surface area contributed by atoms with Crippen molar-refractivity contribution in [3.05, 3.63) is 121 Å². The summed E-state index contributed by atoms with van der Waals surface area (Å²) in [6, 6.07) is 14.9. The summed E-state index contributed by atoms with van der Waals surface area (Å²) in [6.07, 6.45) is 8.94. The second-order valence-electron chi connectivity index (χ2n) is 8.92. The van der Waals surface area contributed by atoms with Gasteiger partial charge < -0.3 is 0 Å². The molecule has 40 heavy (non-hydrogen) atoms. The first-order chi connectivity index (χ1) is 19.5. The first-order valence-corrected chi connectivity index (χ1v) is 17.9. The van der Waals surface area contributed by atoms with Crippen molar-refractivity contribution in [3.63, 3.8) is 0 Å². The first kappa shape index (κ1) is 26.1. The van der Waals surface area contributed by atoms with Crippen molar-refractivity contribution < 1.29 is 0 Å². The van der Waals surface area contributed by atoms with Crippen LogP contribution in [0.25, 0.3) is 39.1 Å². The Labute approximate surface area is 257 Å². The Hall–Kier alpha value is -2.85. The number of hydrogen-bond donors (Lipinski definition) is 0. The molecule has 0 saturated heterocycles. The van der Waals surface area contributed by atoms with Gasteiger partial charge in [0.15, 0.2) is 5.70 Å². The molecular formula is C30H15N3S7. The van der Waals surface area contributed by atoms with Crippen molar-refractivity contribution >= 4 is 110 Å². The van der Waals surface area contributed by atoms with E-state index in [4.69, 9.17) is 13.1 Å². The van der Waals surface area contributed by atoms with Gasteiger partial charge in [0.1, 0.15) is 0 Å². The van der Waals surface area contributed by atoms with Gasteiger partial charge in [-0.1, -0.05) is 24.3 Å². The summed E-state index contributed by atoms with van der Waals surface area (Å²) in [5.41, 5.74) is 0.930. The minimum atomic E-state index is 0.151. The van der Waals surface area contributed by atoms with Gasteiger partial charge in [-0.15, -0.1) is 80.2 Å². The number of rotatable bonds is 1. The SMILES string of the molecule is [C-]#[N+]/C(C)=C1/C=CC(C2C=C/C(=c3/cc4sc5c/c(=c6\cc/c(=c7\cc/c(=C(/C#N)[N+]#[C-])s7)s6)sc5c4s3)S2)S1. The quantitative estimate of drug-likeness (QED) is 0.171. The number of fused-ring (bicyclic) bond motifs is 3. The summed E-state index contributed by atoms with van der Waals surface area (Å²) in [6.45, 7) is 16.4.